The Labute approximate surface area is 119 Å². The molecule has 1 aliphatic heterocycles. The highest BCUT2D eigenvalue weighted by molar-refractivity contribution is 6.31. The summed E-state index contributed by atoms with van der Waals surface area (Å²) in [6.45, 7) is 7.11. The van der Waals surface area contributed by atoms with E-state index in [9.17, 15) is 4.39 Å². The molecule has 0 radical (unpaired) electrons. The first kappa shape index (κ1) is 14.8. The molecule has 1 aliphatic rings. The van der Waals surface area contributed by atoms with Crippen LogP contribution in [0.15, 0.2) is 18.2 Å². The summed E-state index contributed by atoms with van der Waals surface area (Å²) in [4.78, 5) is 2.35. The highest BCUT2D eigenvalue weighted by atomic mass is 35.5. The Morgan fingerprint density at radius 3 is 3.00 bits per heavy atom. The van der Waals surface area contributed by atoms with E-state index in [1.54, 1.807) is 12.1 Å². The van der Waals surface area contributed by atoms with E-state index in [-0.39, 0.29) is 5.82 Å². The summed E-state index contributed by atoms with van der Waals surface area (Å²) in [5, 5.41) is 4.09. The fraction of sp³-hybridized carbons (Fsp3) is 0.600. The van der Waals surface area contributed by atoms with E-state index >= 15 is 0 Å². The van der Waals surface area contributed by atoms with E-state index in [1.165, 1.54) is 18.9 Å². The maximum atomic E-state index is 13.3. The summed E-state index contributed by atoms with van der Waals surface area (Å²) in [6, 6.07) is 4.60. The van der Waals surface area contributed by atoms with Crippen LogP contribution in [0.1, 0.15) is 25.3 Å². The molecule has 0 aromatic heterocycles. The molecule has 19 heavy (non-hydrogen) atoms. The van der Waals surface area contributed by atoms with Crippen molar-refractivity contribution < 1.29 is 4.39 Å². The second-order valence-electron chi connectivity index (χ2n) is 5.28. The van der Waals surface area contributed by atoms with Gasteiger partial charge in [0.1, 0.15) is 5.82 Å². The van der Waals surface area contributed by atoms with E-state index < -0.39 is 0 Å². The molecule has 106 valence electrons. The van der Waals surface area contributed by atoms with Crippen molar-refractivity contribution in [2.45, 2.75) is 26.3 Å². The molecular formula is C15H22ClFN2. The zero-order chi connectivity index (χ0) is 13.7. The topological polar surface area (TPSA) is 15.3 Å². The van der Waals surface area contributed by atoms with Crippen molar-refractivity contribution in [2.75, 3.05) is 26.2 Å². The van der Waals surface area contributed by atoms with E-state index in [0.717, 1.165) is 38.3 Å². The quantitative estimate of drug-likeness (QED) is 0.892. The second-order valence-corrected chi connectivity index (χ2v) is 5.68. The molecule has 0 spiro atoms. The third-order valence-electron chi connectivity index (χ3n) is 3.76. The van der Waals surface area contributed by atoms with Crippen molar-refractivity contribution in [3.63, 3.8) is 0 Å². The lowest BCUT2D eigenvalue weighted by atomic mass is 9.99. The van der Waals surface area contributed by atoms with Gasteiger partial charge in [-0.1, -0.05) is 18.5 Å². The number of piperidine rings is 1. The fourth-order valence-electron chi connectivity index (χ4n) is 2.66. The molecular weight excluding hydrogens is 263 g/mol. The molecule has 1 fully saturated rings. The zero-order valence-electron chi connectivity index (χ0n) is 11.5. The van der Waals surface area contributed by atoms with Crippen molar-refractivity contribution in [1.82, 2.24) is 10.2 Å². The van der Waals surface area contributed by atoms with Gasteiger partial charge in [0, 0.05) is 18.1 Å². The lowest BCUT2D eigenvalue weighted by Gasteiger charge is -2.29. The SMILES string of the molecule is CCN(Cc1cc(F)ccc1Cl)CC1CCCNC1. The van der Waals surface area contributed by atoms with Gasteiger partial charge in [0.15, 0.2) is 0 Å². The van der Waals surface area contributed by atoms with Crippen molar-refractivity contribution in [1.29, 1.82) is 0 Å². The lowest BCUT2D eigenvalue weighted by Crippen LogP contribution is -2.38. The van der Waals surface area contributed by atoms with Crippen LogP contribution in [0.25, 0.3) is 0 Å². The number of benzene rings is 1. The van der Waals surface area contributed by atoms with Gasteiger partial charge < -0.3 is 5.32 Å². The normalized spacial score (nSPS) is 19.9. The van der Waals surface area contributed by atoms with Crippen LogP contribution < -0.4 is 5.32 Å². The van der Waals surface area contributed by atoms with E-state index in [2.05, 4.69) is 17.1 Å². The number of rotatable bonds is 5. The van der Waals surface area contributed by atoms with Crippen LogP contribution in [0.2, 0.25) is 5.02 Å². The second kappa shape index (κ2) is 7.22. The van der Waals surface area contributed by atoms with Crippen LogP contribution in [-0.2, 0) is 6.54 Å². The molecule has 4 heteroatoms. The Morgan fingerprint density at radius 1 is 1.47 bits per heavy atom. The lowest BCUT2D eigenvalue weighted by molar-refractivity contribution is 0.209. The molecule has 2 rings (SSSR count). The molecule has 1 atom stereocenters. The monoisotopic (exact) mass is 284 g/mol. The van der Waals surface area contributed by atoms with Crippen LogP contribution in [-0.4, -0.2) is 31.1 Å². The molecule has 1 aromatic carbocycles. The number of halogens is 2. The van der Waals surface area contributed by atoms with Crippen molar-refractivity contribution >= 4 is 11.6 Å². The minimum absolute atomic E-state index is 0.213. The number of nitrogens with one attached hydrogen (secondary N) is 1. The summed E-state index contributed by atoms with van der Waals surface area (Å²) < 4.78 is 13.3. The predicted octanol–water partition coefficient (Wildman–Crippen LogP) is 3.30. The molecule has 2 nitrogen and oxygen atoms in total. The standard InChI is InChI=1S/C15H22ClFN2/c1-2-19(10-12-4-3-7-18-9-12)11-13-8-14(17)5-6-15(13)16/h5-6,8,12,18H,2-4,7,9-11H2,1H3. The zero-order valence-corrected chi connectivity index (χ0v) is 12.2. The van der Waals surface area contributed by atoms with E-state index in [0.29, 0.717) is 10.9 Å². The van der Waals surface area contributed by atoms with Gasteiger partial charge >= 0.3 is 0 Å². The van der Waals surface area contributed by atoms with Gasteiger partial charge in [0.05, 0.1) is 0 Å². The van der Waals surface area contributed by atoms with Gasteiger partial charge in [0.2, 0.25) is 0 Å². The Kier molecular flexibility index (Phi) is 5.61. The first-order valence-electron chi connectivity index (χ1n) is 7.06. The maximum Gasteiger partial charge on any atom is 0.123 e. The van der Waals surface area contributed by atoms with Gasteiger partial charge in [-0.25, -0.2) is 4.39 Å². The summed E-state index contributed by atoms with van der Waals surface area (Å²) in [5.74, 6) is 0.482. The van der Waals surface area contributed by atoms with Gasteiger partial charge in [-0.2, -0.15) is 0 Å². The molecule has 0 bridgehead atoms. The molecule has 1 N–H and O–H groups in total. The predicted molar refractivity (Wildman–Crippen MR) is 78.0 cm³/mol. The number of hydrogen-bond acceptors (Lipinski definition) is 2. The molecule has 0 saturated carbocycles. The Hall–Kier alpha value is -0.640. The Bertz CT molecular complexity index is 405. The Balaban J connectivity index is 1.95. The maximum absolute atomic E-state index is 13.3. The Morgan fingerprint density at radius 2 is 2.32 bits per heavy atom. The molecule has 1 saturated heterocycles. The summed E-state index contributed by atoms with van der Waals surface area (Å²) in [5.41, 5.74) is 0.882. The third kappa shape index (κ3) is 4.44. The van der Waals surface area contributed by atoms with Crippen LogP contribution in [0.3, 0.4) is 0 Å². The van der Waals surface area contributed by atoms with E-state index in [1.807, 2.05) is 0 Å². The highest BCUT2D eigenvalue weighted by Gasteiger charge is 2.17. The van der Waals surface area contributed by atoms with Gasteiger partial charge in [0.25, 0.3) is 0 Å². The first-order chi connectivity index (χ1) is 9.19. The molecule has 0 amide bonds. The van der Waals surface area contributed by atoms with Gasteiger partial charge in [-0.3, -0.25) is 4.90 Å². The average Bonchev–Trinajstić information content (AvgIpc) is 2.43. The van der Waals surface area contributed by atoms with Gasteiger partial charge in [-0.15, -0.1) is 0 Å². The third-order valence-corrected chi connectivity index (χ3v) is 4.13. The number of hydrogen-bond donors (Lipinski definition) is 1. The smallest absolute Gasteiger partial charge is 0.123 e. The van der Waals surface area contributed by atoms with Crippen LogP contribution in [0.4, 0.5) is 4.39 Å². The average molecular weight is 285 g/mol. The summed E-state index contributed by atoms with van der Waals surface area (Å²) in [7, 11) is 0. The number of nitrogens with zero attached hydrogens (tertiary/aromatic N) is 1. The van der Waals surface area contributed by atoms with Gasteiger partial charge in [-0.05, 0) is 62.2 Å². The fourth-order valence-corrected chi connectivity index (χ4v) is 2.83. The minimum Gasteiger partial charge on any atom is -0.316 e. The van der Waals surface area contributed by atoms with Crippen LogP contribution in [0, 0.1) is 11.7 Å². The molecule has 0 aliphatic carbocycles. The van der Waals surface area contributed by atoms with Crippen LogP contribution in [0.5, 0.6) is 0 Å². The van der Waals surface area contributed by atoms with Crippen molar-refractivity contribution in [3.8, 4) is 0 Å². The van der Waals surface area contributed by atoms with Crippen molar-refractivity contribution in [3.05, 3.63) is 34.6 Å². The van der Waals surface area contributed by atoms with E-state index in [4.69, 9.17) is 11.6 Å². The summed E-state index contributed by atoms with van der Waals surface area (Å²) >= 11 is 6.13. The largest absolute Gasteiger partial charge is 0.316 e. The first-order valence-corrected chi connectivity index (χ1v) is 7.44. The van der Waals surface area contributed by atoms with Crippen LogP contribution >= 0.6 is 11.6 Å². The highest BCUT2D eigenvalue weighted by Crippen LogP contribution is 2.20. The molecule has 1 heterocycles. The summed E-state index contributed by atoms with van der Waals surface area (Å²) in [6.07, 6.45) is 2.53. The minimum atomic E-state index is -0.213. The van der Waals surface area contributed by atoms with Crippen molar-refractivity contribution in [2.24, 2.45) is 5.92 Å². The molecule has 1 aromatic rings. The molecule has 1 unspecified atom stereocenters.